The van der Waals surface area contributed by atoms with Gasteiger partial charge in [0.1, 0.15) is 11.3 Å². The van der Waals surface area contributed by atoms with Crippen molar-refractivity contribution in [2.75, 3.05) is 5.75 Å². The Balaban J connectivity index is 2.69. The minimum atomic E-state index is -0.916. The van der Waals surface area contributed by atoms with E-state index in [0.29, 0.717) is 10.9 Å². The van der Waals surface area contributed by atoms with E-state index in [2.05, 4.69) is 6.92 Å². The largest absolute Gasteiger partial charge is 0.478 e. The van der Waals surface area contributed by atoms with Crippen molar-refractivity contribution < 1.29 is 14.3 Å². The number of carbonyl (C=O) groups is 1. The summed E-state index contributed by atoms with van der Waals surface area (Å²) >= 11 is 1.47. The molecule has 14 heavy (non-hydrogen) atoms. The lowest BCUT2D eigenvalue weighted by Gasteiger charge is -1.97. The van der Waals surface area contributed by atoms with Gasteiger partial charge in [-0.05, 0) is 19.4 Å². The van der Waals surface area contributed by atoms with E-state index in [1.165, 1.54) is 11.8 Å². The van der Waals surface area contributed by atoms with Crippen LogP contribution in [0.15, 0.2) is 15.6 Å². The van der Waals surface area contributed by atoms with Crippen molar-refractivity contribution in [2.45, 2.75) is 31.8 Å². The van der Waals surface area contributed by atoms with Gasteiger partial charge in [0.25, 0.3) is 0 Å². The monoisotopic (exact) mass is 214 g/mol. The zero-order valence-corrected chi connectivity index (χ0v) is 9.19. The molecule has 3 nitrogen and oxygen atoms in total. The number of aryl methyl sites for hydroxylation is 1. The third-order valence-corrected chi connectivity index (χ3v) is 2.84. The van der Waals surface area contributed by atoms with Gasteiger partial charge in [-0.3, -0.25) is 0 Å². The van der Waals surface area contributed by atoms with Gasteiger partial charge in [-0.1, -0.05) is 25.1 Å². The minimum absolute atomic E-state index is 0.281. The molecule has 0 aliphatic rings. The van der Waals surface area contributed by atoms with Crippen molar-refractivity contribution in [3.8, 4) is 0 Å². The van der Waals surface area contributed by atoms with Crippen LogP contribution in [0.1, 0.15) is 35.9 Å². The smallest absolute Gasteiger partial charge is 0.340 e. The molecule has 0 fully saturated rings. The zero-order valence-electron chi connectivity index (χ0n) is 8.37. The van der Waals surface area contributed by atoms with E-state index >= 15 is 0 Å². The Morgan fingerprint density at radius 2 is 2.36 bits per heavy atom. The van der Waals surface area contributed by atoms with Crippen molar-refractivity contribution in [1.82, 2.24) is 0 Å². The molecule has 1 aromatic heterocycles. The zero-order chi connectivity index (χ0) is 10.6. The first-order valence-corrected chi connectivity index (χ1v) is 5.60. The summed E-state index contributed by atoms with van der Waals surface area (Å²) in [5, 5.41) is 9.39. The molecular weight excluding hydrogens is 200 g/mol. The van der Waals surface area contributed by atoms with E-state index in [1.807, 2.05) is 0 Å². The van der Waals surface area contributed by atoms with Crippen LogP contribution in [0.4, 0.5) is 0 Å². The predicted molar refractivity (Wildman–Crippen MR) is 56.0 cm³/mol. The van der Waals surface area contributed by atoms with Crippen LogP contribution in [-0.2, 0) is 0 Å². The fourth-order valence-corrected chi connectivity index (χ4v) is 2.17. The minimum Gasteiger partial charge on any atom is -0.478 e. The van der Waals surface area contributed by atoms with Crippen LogP contribution in [-0.4, -0.2) is 16.8 Å². The van der Waals surface area contributed by atoms with E-state index in [-0.39, 0.29) is 5.56 Å². The quantitative estimate of drug-likeness (QED) is 0.604. The van der Waals surface area contributed by atoms with Crippen LogP contribution in [0.25, 0.3) is 0 Å². The fourth-order valence-electron chi connectivity index (χ4n) is 1.06. The van der Waals surface area contributed by atoms with Crippen LogP contribution >= 0.6 is 11.8 Å². The van der Waals surface area contributed by atoms with E-state index in [1.54, 1.807) is 13.0 Å². The maximum Gasteiger partial charge on any atom is 0.340 e. The second kappa shape index (κ2) is 5.10. The third kappa shape index (κ3) is 2.80. The normalized spacial score (nSPS) is 10.4. The number of hydrogen-bond donors (Lipinski definition) is 1. The summed E-state index contributed by atoms with van der Waals surface area (Å²) in [6.07, 6.45) is 2.18. The van der Waals surface area contributed by atoms with Gasteiger partial charge in [0, 0.05) is 5.75 Å². The average Bonchev–Trinajstić information content (AvgIpc) is 2.47. The fraction of sp³-hybridized carbons (Fsp3) is 0.500. The van der Waals surface area contributed by atoms with E-state index in [9.17, 15) is 4.79 Å². The molecule has 0 aliphatic heterocycles. The van der Waals surface area contributed by atoms with Gasteiger partial charge in [0.15, 0.2) is 5.09 Å². The maximum atomic E-state index is 10.8. The molecule has 0 saturated carbocycles. The highest BCUT2D eigenvalue weighted by Gasteiger charge is 2.15. The standard InChI is InChI=1S/C10H14O3S/c1-3-4-5-14-10-8(9(11)12)6-7(2)13-10/h6H,3-5H2,1-2H3,(H,11,12). The Morgan fingerprint density at radius 3 is 2.93 bits per heavy atom. The Bertz CT molecular complexity index is 317. The molecule has 1 rings (SSSR count). The number of rotatable bonds is 5. The molecule has 0 aliphatic carbocycles. The van der Waals surface area contributed by atoms with Crippen LogP contribution in [0.2, 0.25) is 0 Å². The van der Waals surface area contributed by atoms with Crippen LogP contribution < -0.4 is 0 Å². The Hall–Kier alpha value is -0.900. The highest BCUT2D eigenvalue weighted by Crippen LogP contribution is 2.27. The first kappa shape index (κ1) is 11.2. The highest BCUT2D eigenvalue weighted by atomic mass is 32.2. The average molecular weight is 214 g/mol. The molecule has 0 atom stereocenters. The molecule has 0 radical (unpaired) electrons. The number of aromatic carboxylic acids is 1. The first-order chi connectivity index (χ1) is 6.65. The first-order valence-electron chi connectivity index (χ1n) is 4.61. The summed E-state index contributed by atoms with van der Waals surface area (Å²) < 4.78 is 5.30. The lowest BCUT2D eigenvalue weighted by Crippen LogP contribution is -1.95. The molecule has 0 aromatic carbocycles. The van der Waals surface area contributed by atoms with Gasteiger partial charge in [0.05, 0.1) is 0 Å². The third-order valence-electron chi connectivity index (χ3n) is 1.78. The van der Waals surface area contributed by atoms with E-state index < -0.39 is 5.97 Å². The van der Waals surface area contributed by atoms with Crippen molar-refractivity contribution in [3.05, 3.63) is 17.4 Å². The topological polar surface area (TPSA) is 50.4 Å². The molecular formula is C10H14O3S. The number of hydrogen-bond acceptors (Lipinski definition) is 3. The number of furan rings is 1. The number of thioether (sulfide) groups is 1. The Labute approximate surface area is 87.5 Å². The summed E-state index contributed by atoms with van der Waals surface area (Å²) in [6, 6.07) is 1.57. The van der Waals surface area contributed by atoms with Gasteiger partial charge in [-0.2, -0.15) is 0 Å². The lowest BCUT2D eigenvalue weighted by molar-refractivity contribution is 0.0690. The molecule has 4 heteroatoms. The van der Waals surface area contributed by atoms with Gasteiger partial charge in [0.2, 0.25) is 0 Å². The Kier molecular flexibility index (Phi) is 4.07. The van der Waals surface area contributed by atoms with Crippen molar-refractivity contribution in [1.29, 1.82) is 0 Å². The maximum absolute atomic E-state index is 10.8. The predicted octanol–water partition coefficient (Wildman–Crippen LogP) is 3.18. The second-order valence-corrected chi connectivity index (χ2v) is 4.13. The van der Waals surface area contributed by atoms with Crippen LogP contribution in [0, 0.1) is 6.92 Å². The SMILES string of the molecule is CCCCSc1oc(C)cc1C(=O)O. The highest BCUT2D eigenvalue weighted by molar-refractivity contribution is 7.99. The summed E-state index contributed by atoms with van der Waals surface area (Å²) in [7, 11) is 0. The summed E-state index contributed by atoms with van der Waals surface area (Å²) in [5.41, 5.74) is 0.281. The molecule has 1 heterocycles. The van der Waals surface area contributed by atoms with E-state index in [4.69, 9.17) is 9.52 Å². The number of carboxylic acid groups (broad SMARTS) is 1. The molecule has 0 unspecified atom stereocenters. The molecule has 0 spiro atoms. The van der Waals surface area contributed by atoms with Gasteiger partial charge >= 0.3 is 5.97 Å². The number of unbranched alkanes of at least 4 members (excludes halogenated alkanes) is 1. The Morgan fingerprint density at radius 1 is 1.64 bits per heavy atom. The van der Waals surface area contributed by atoms with Crippen LogP contribution in [0.3, 0.4) is 0 Å². The van der Waals surface area contributed by atoms with Crippen molar-refractivity contribution >= 4 is 17.7 Å². The van der Waals surface area contributed by atoms with Crippen LogP contribution in [0.5, 0.6) is 0 Å². The summed E-state index contributed by atoms with van der Waals surface area (Å²) in [4.78, 5) is 10.8. The molecule has 78 valence electrons. The lowest BCUT2D eigenvalue weighted by atomic mass is 10.3. The van der Waals surface area contributed by atoms with Gasteiger partial charge in [-0.25, -0.2) is 4.79 Å². The summed E-state index contributed by atoms with van der Waals surface area (Å²) in [6.45, 7) is 3.86. The second-order valence-electron chi connectivity index (χ2n) is 3.07. The molecule has 0 amide bonds. The molecule has 1 N–H and O–H groups in total. The van der Waals surface area contributed by atoms with Crippen molar-refractivity contribution in [3.63, 3.8) is 0 Å². The summed E-state index contributed by atoms with van der Waals surface area (Å²) in [5.74, 6) is 0.645. The van der Waals surface area contributed by atoms with E-state index in [0.717, 1.165) is 18.6 Å². The van der Waals surface area contributed by atoms with Crippen molar-refractivity contribution in [2.24, 2.45) is 0 Å². The molecule has 1 aromatic rings. The molecule has 0 saturated heterocycles. The van der Waals surface area contributed by atoms with Gasteiger partial charge < -0.3 is 9.52 Å². The number of carboxylic acids is 1. The van der Waals surface area contributed by atoms with Gasteiger partial charge in [-0.15, -0.1) is 0 Å². The molecule has 0 bridgehead atoms.